The Morgan fingerprint density at radius 1 is 1.14 bits per heavy atom. The summed E-state index contributed by atoms with van der Waals surface area (Å²) in [4.78, 5) is 8.81. The molecule has 0 saturated heterocycles. The van der Waals surface area contributed by atoms with Crippen LogP contribution in [0, 0.1) is 5.92 Å². The first kappa shape index (κ1) is 12.6. The van der Waals surface area contributed by atoms with Crippen LogP contribution in [-0.2, 0) is 0 Å². The minimum absolute atomic E-state index is 0.477. The zero-order valence-corrected chi connectivity index (χ0v) is 12.2. The van der Waals surface area contributed by atoms with Gasteiger partial charge in [0.2, 0.25) is 0 Å². The molecule has 1 aliphatic rings. The third kappa shape index (κ3) is 2.15. The van der Waals surface area contributed by atoms with E-state index in [9.17, 15) is 0 Å². The third-order valence-corrected chi connectivity index (χ3v) is 4.59. The fourth-order valence-electron chi connectivity index (χ4n) is 3.33. The molecule has 1 saturated carbocycles. The van der Waals surface area contributed by atoms with Crippen LogP contribution in [0.3, 0.4) is 0 Å². The number of rotatable bonds is 2. The number of aromatic nitrogens is 2. The van der Waals surface area contributed by atoms with E-state index in [1.807, 2.05) is 24.3 Å². The molecule has 2 heterocycles. The van der Waals surface area contributed by atoms with Gasteiger partial charge in [0.05, 0.1) is 0 Å². The molecule has 0 amide bonds. The highest BCUT2D eigenvalue weighted by atomic mass is 16.3. The molecule has 4 nitrogen and oxygen atoms in total. The lowest BCUT2D eigenvalue weighted by Crippen LogP contribution is -2.30. The predicted octanol–water partition coefficient (Wildman–Crippen LogP) is 4.37. The first-order valence-electron chi connectivity index (χ1n) is 7.72. The summed E-state index contributed by atoms with van der Waals surface area (Å²) in [6, 6.07) is 8.49. The van der Waals surface area contributed by atoms with Gasteiger partial charge in [-0.15, -0.1) is 0 Å². The van der Waals surface area contributed by atoms with Crippen LogP contribution >= 0.6 is 0 Å². The summed E-state index contributed by atoms with van der Waals surface area (Å²) in [7, 11) is 0. The van der Waals surface area contributed by atoms with Gasteiger partial charge < -0.3 is 9.73 Å². The van der Waals surface area contributed by atoms with Crippen LogP contribution in [0.5, 0.6) is 0 Å². The van der Waals surface area contributed by atoms with Crippen molar-refractivity contribution >= 4 is 27.9 Å². The van der Waals surface area contributed by atoms with Crippen molar-refractivity contribution in [2.75, 3.05) is 5.32 Å². The third-order valence-electron chi connectivity index (χ3n) is 4.59. The van der Waals surface area contributed by atoms with Crippen LogP contribution in [0.15, 0.2) is 35.0 Å². The van der Waals surface area contributed by atoms with E-state index in [0.29, 0.717) is 12.0 Å². The van der Waals surface area contributed by atoms with Crippen molar-refractivity contribution < 1.29 is 4.42 Å². The maximum atomic E-state index is 5.97. The minimum atomic E-state index is 0.477. The molecule has 1 aromatic carbocycles. The van der Waals surface area contributed by atoms with Crippen molar-refractivity contribution in [1.29, 1.82) is 0 Å². The normalized spacial score (nSPS) is 22.7. The Kier molecular flexibility index (Phi) is 3.02. The van der Waals surface area contributed by atoms with Crippen LogP contribution in [-0.4, -0.2) is 16.0 Å². The van der Waals surface area contributed by atoms with Crippen LogP contribution < -0.4 is 5.32 Å². The van der Waals surface area contributed by atoms with Crippen LogP contribution in [0.4, 0.5) is 5.82 Å². The summed E-state index contributed by atoms with van der Waals surface area (Å²) >= 11 is 0. The summed E-state index contributed by atoms with van der Waals surface area (Å²) in [5, 5.41) is 4.64. The molecule has 21 heavy (non-hydrogen) atoms. The molecule has 4 rings (SSSR count). The Hall–Kier alpha value is -2.10. The van der Waals surface area contributed by atoms with Gasteiger partial charge >= 0.3 is 0 Å². The molecule has 2 unspecified atom stereocenters. The van der Waals surface area contributed by atoms with Crippen molar-refractivity contribution in [3.63, 3.8) is 0 Å². The van der Waals surface area contributed by atoms with Gasteiger partial charge in [0.1, 0.15) is 17.4 Å². The average Bonchev–Trinajstić information content (AvgIpc) is 2.89. The molecule has 0 bridgehead atoms. The van der Waals surface area contributed by atoms with Gasteiger partial charge in [-0.1, -0.05) is 31.9 Å². The highest BCUT2D eigenvalue weighted by Crippen LogP contribution is 2.32. The second kappa shape index (κ2) is 5.02. The number of furan rings is 1. The molecule has 1 N–H and O–H groups in total. The zero-order valence-electron chi connectivity index (χ0n) is 12.2. The lowest BCUT2D eigenvalue weighted by Gasteiger charge is -2.29. The Morgan fingerprint density at radius 2 is 2.00 bits per heavy atom. The number of nitrogens with zero attached hydrogens (tertiary/aromatic N) is 2. The number of para-hydroxylation sites is 1. The molecule has 3 aromatic rings. The van der Waals surface area contributed by atoms with E-state index in [0.717, 1.165) is 27.9 Å². The molecule has 0 aliphatic heterocycles. The number of anilines is 1. The van der Waals surface area contributed by atoms with E-state index in [1.165, 1.54) is 25.7 Å². The molecule has 2 atom stereocenters. The fraction of sp³-hybridized carbons (Fsp3) is 0.412. The molecule has 108 valence electrons. The first-order chi connectivity index (χ1) is 10.3. The monoisotopic (exact) mass is 281 g/mol. The second-order valence-electron chi connectivity index (χ2n) is 6.01. The number of hydrogen-bond donors (Lipinski definition) is 1. The van der Waals surface area contributed by atoms with E-state index >= 15 is 0 Å². The van der Waals surface area contributed by atoms with Gasteiger partial charge in [-0.25, -0.2) is 9.97 Å². The smallest absolute Gasteiger partial charge is 0.196 e. The molecular weight excluding hydrogens is 262 g/mol. The largest absolute Gasteiger partial charge is 0.450 e. The van der Waals surface area contributed by atoms with Crippen molar-refractivity contribution in [3.8, 4) is 0 Å². The Morgan fingerprint density at radius 3 is 2.90 bits per heavy atom. The van der Waals surface area contributed by atoms with Gasteiger partial charge in [-0.3, -0.25) is 0 Å². The van der Waals surface area contributed by atoms with Crippen LogP contribution in [0.1, 0.15) is 32.6 Å². The van der Waals surface area contributed by atoms with Crippen molar-refractivity contribution in [2.24, 2.45) is 5.92 Å². The van der Waals surface area contributed by atoms with E-state index in [4.69, 9.17) is 4.42 Å². The minimum Gasteiger partial charge on any atom is -0.450 e. The summed E-state index contributed by atoms with van der Waals surface area (Å²) in [6.07, 6.45) is 6.73. The van der Waals surface area contributed by atoms with E-state index in [-0.39, 0.29) is 0 Å². The van der Waals surface area contributed by atoms with Crippen molar-refractivity contribution in [3.05, 3.63) is 30.6 Å². The summed E-state index contributed by atoms with van der Waals surface area (Å²) in [6.45, 7) is 2.31. The van der Waals surface area contributed by atoms with Gasteiger partial charge in [0.25, 0.3) is 0 Å². The zero-order chi connectivity index (χ0) is 14.2. The summed E-state index contributed by atoms with van der Waals surface area (Å²) < 4.78 is 5.97. The van der Waals surface area contributed by atoms with Crippen LogP contribution in [0.2, 0.25) is 0 Å². The number of fused-ring (bicyclic) bond motifs is 3. The molecule has 1 fully saturated rings. The lowest BCUT2D eigenvalue weighted by molar-refractivity contribution is 0.349. The SMILES string of the molecule is CC1CCCCC1Nc1ncnc2c1oc1ccccc12. The highest BCUT2D eigenvalue weighted by molar-refractivity contribution is 6.05. The van der Waals surface area contributed by atoms with Crippen molar-refractivity contribution in [1.82, 2.24) is 9.97 Å². The topological polar surface area (TPSA) is 51.0 Å². The Labute approximate surface area is 123 Å². The van der Waals surface area contributed by atoms with Gasteiger partial charge in [-0.05, 0) is 30.9 Å². The Balaban J connectivity index is 1.78. The number of hydrogen-bond acceptors (Lipinski definition) is 4. The second-order valence-corrected chi connectivity index (χ2v) is 6.01. The maximum Gasteiger partial charge on any atom is 0.196 e. The lowest BCUT2D eigenvalue weighted by atomic mass is 9.86. The molecule has 0 radical (unpaired) electrons. The standard InChI is InChI=1S/C17H19N3O/c1-11-6-2-4-8-13(11)20-17-16-15(18-10-19-17)12-7-3-5-9-14(12)21-16/h3,5,7,9-11,13H,2,4,6,8H2,1H3,(H,18,19,20). The quantitative estimate of drug-likeness (QED) is 0.758. The molecule has 2 aromatic heterocycles. The van der Waals surface area contributed by atoms with Crippen LogP contribution in [0.25, 0.3) is 22.1 Å². The summed E-state index contributed by atoms with van der Waals surface area (Å²) in [5.41, 5.74) is 2.54. The molecule has 1 aliphatic carbocycles. The van der Waals surface area contributed by atoms with Gasteiger partial charge in [0.15, 0.2) is 11.4 Å². The molecule has 4 heteroatoms. The molecule has 0 spiro atoms. The first-order valence-corrected chi connectivity index (χ1v) is 7.72. The van der Waals surface area contributed by atoms with E-state index in [1.54, 1.807) is 6.33 Å². The van der Waals surface area contributed by atoms with Gasteiger partial charge in [0, 0.05) is 11.4 Å². The Bertz CT molecular complexity index is 780. The fourth-order valence-corrected chi connectivity index (χ4v) is 3.33. The van der Waals surface area contributed by atoms with Crippen molar-refractivity contribution in [2.45, 2.75) is 38.6 Å². The predicted molar refractivity (Wildman–Crippen MR) is 84.4 cm³/mol. The van der Waals surface area contributed by atoms with Gasteiger partial charge in [-0.2, -0.15) is 0 Å². The van der Waals surface area contributed by atoms with E-state index < -0.39 is 0 Å². The van der Waals surface area contributed by atoms with E-state index in [2.05, 4.69) is 22.2 Å². The maximum absolute atomic E-state index is 5.97. The molecular formula is C17H19N3O. The highest BCUT2D eigenvalue weighted by Gasteiger charge is 2.23. The average molecular weight is 281 g/mol. The number of benzene rings is 1. The number of nitrogens with one attached hydrogen (secondary N) is 1. The summed E-state index contributed by atoms with van der Waals surface area (Å²) in [5.74, 6) is 1.50.